The van der Waals surface area contributed by atoms with Gasteiger partial charge in [-0.25, -0.2) is 4.79 Å². The number of para-hydroxylation sites is 2. The van der Waals surface area contributed by atoms with E-state index >= 15 is 0 Å². The summed E-state index contributed by atoms with van der Waals surface area (Å²) in [6, 6.07) is 14.2. The molecule has 2 aromatic carbocycles. The summed E-state index contributed by atoms with van der Waals surface area (Å²) in [4.78, 5) is 24.4. The Morgan fingerprint density at radius 1 is 1.19 bits per heavy atom. The number of fused-ring (bicyclic) bond motifs is 1. The van der Waals surface area contributed by atoms with Crippen molar-refractivity contribution in [2.45, 2.75) is 25.7 Å². The minimum atomic E-state index is -0.967. The molecule has 26 heavy (non-hydrogen) atoms. The van der Waals surface area contributed by atoms with Crippen LogP contribution in [-0.4, -0.2) is 30.7 Å². The van der Waals surface area contributed by atoms with Crippen molar-refractivity contribution >= 4 is 23.5 Å². The number of carbonyl (C=O) groups is 2. The van der Waals surface area contributed by atoms with Crippen LogP contribution in [0.3, 0.4) is 0 Å². The van der Waals surface area contributed by atoms with Crippen molar-refractivity contribution in [2.75, 3.05) is 6.61 Å². The van der Waals surface area contributed by atoms with Gasteiger partial charge in [-0.3, -0.25) is 4.79 Å². The molecule has 0 radical (unpaired) electrons. The standard InChI is InChI=1S/C19H18ClNO5/c1-12(18(22)21-10-13-6-2-3-7-14(13)20)25-19(23)17-11-24-15-8-4-5-9-16(15)26-17/h2-9,12,17H,10-11H2,1H3,(H,21,22)/t12-,17+/m1/s1. The highest BCUT2D eigenvalue weighted by atomic mass is 35.5. The quantitative estimate of drug-likeness (QED) is 0.813. The SMILES string of the molecule is C[C@@H](OC(=O)[C@@H]1COc2ccccc2O1)C(=O)NCc1ccccc1Cl. The van der Waals surface area contributed by atoms with E-state index in [1.165, 1.54) is 6.92 Å². The molecule has 2 aromatic rings. The maximum absolute atomic E-state index is 12.2. The van der Waals surface area contributed by atoms with Gasteiger partial charge in [0.05, 0.1) is 0 Å². The molecule has 1 heterocycles. The van der Waals surface area contributed by atoms with Gasteiger partial charge in [0.15, 0.2) is 17.6 Å². The highest BCUT2D eigenvalue weighted by Crippen LogP contribution is 2.31. The predicted molar refractivity (Wildman–Crippen MR) is 95.2 cm³/mol. The second-order valence-corrected chi connectivity index (χ2v) is 6.16. The summed E-state index contributed by atoms with van der Waals surface area (Å²) in [5.74, 6) is -0.0334. The summed E-state index contributed by atoms with van der Waals surface area (Å²) < 4.78 is 16.2. The van der Waals surface area contributed by atoms with Crippen molar-refractivity contribution < 1.29 is 23.8 Å². The van der Waals surface area contributed by atoms with Gasteiger partial charge in [-0.05, 0) is 30.7 Å². The average Bonchev–Trinajstić information content (AvgIpc) is 2.66. The molecule has 2 atom stereocenters. The lowest BCUT2D eigenvalue weighted by Crippen LogP contribution is -2.42. The lowest BCUT2D eigenvalue weighted by atomic mass is 10.2. The van der Waals surface area contributed by atoms with Gasteiger partial charge < -0.3 is 19.5 Å². The first kappa shape index (κ1) is 18.1. The van der Waals surface area contributed by atoms with Crippen LogP contribution < -0.4 is 14.8 Å². The van der Waals surface area contributed by atoms with E-state index in [1.54, 1.807) is 24.3 Å². The summed E-state index contributed by atoms with van der Waals surface area (Å²) in [6.45, 7) is 1.78. The van der Waals surface area contributed by atoms with E-state index in [2.05, 4.69) is 5.32 Å². The third kappa shape index (κ3) is 4.26. The first-order chi connectivity index (χ1) is 12.5. The number of carbonyl (C=O) groups excluding carboxylic acids is 2. The Labute approximate surface area is 156 Å². The van der Waals surface area contributed by atoms with E-state index in [0.29, 0.717) is 16.5 Å². The Morgan fingerprint density at radius 3 is 2.65 bits per heavy atom. The molecule has 7 heteroatoms. The molecule has 0 spiro atoms. The number of esters is 1. The van der Waals surface area contributed by atoms with Gasteiger partial charge in [0.1, 0.15) is 6.61 Å². The summed E-state index contributed by atoms with van der Waals surface area (Å²) >= 11 is 6.05. The molecule has 6 nitrogen and oxygen atoms in total. The fourth-order valence-electron chi connectivity index (χ4n) is 2.41. The van der Waals surface area contributed by atoms with E-state index in [0.717, 1.165) is 5.56 Å². The van der Waals surface area contributed by atoms with Crippen LogP contribution in [0.5, 0.6) is 11.5 Å². The van der Waals surface area contributed by atoms with Gasteiger partial charge in [-0.1, -0.05) is 41.9 Å². The molecular weight excluding hydrogens is 358 g/mol. The molecule has 1 aliphatic heterocycles. The monoisotopic (exact) mass is 375 g/mol. The van der Waals surface area contributed by atoms with Crippen LogP contribution in [-0.2, 0) is 20.9 Å². The minimum absolute atomic E-state index is 0.0316. The Balaban J connectivity index is 1.51. The van der Waals surface area contributed by atoms with Crippen molar-refractivity contribution in [1.82, 2.24) is 5.32 Å². The van der Waals surface area contributed by atoms with Crippen molar-refractivity contribution in [1.29, 1.82) is 0 Å². The maximum atomic E-state index is 12.2. The summed E-state index contributed by atoms with van der Waals surface area (Å²) in [5, 5.41) is 3.25. The van der Waals surface area contributed by atoms with Crippen LogP contribution in [0.2, 0.25) is 5.02 Å². The lowest BCUT2D eigenvalue weighted by Gasteiger charge is -2.25. The topological polar surface area (TPSA) is 73.9 Å². The molecule has 0 aliphatic carbocycles. The maximum Gasteiger partial charge on any atom is 0.351 e. The van der Waals surface area contributed by atoms with Crippen molar-refractivity contribution in [3.8, 4) is 11.5 Å². The first-order valence-electron chi connectivity index (χ1n) is 8.14. The number of ether oxygens (including phenoxy) is 3. The largest absolute Gasteiger partial charge is 0.485 e. The van der Waals surface area contributed by atoms with E-state index in [9.17, 15) is 9.59 Å². The second-order valence-electron chi connectivity index (χ2n) is 5.75. The zero-order chi connectivity index (χ0) is 18.5. The zero-order valence-corrected chi connectivity index (χ0v) is 14.9. The van der Waals surface area contributed by atoms with Gasteiger partial charge in [-0.2, -0.15) is 0 Å². The summed E-state index contributed by atoms with van der Waals surface area (Å²) in [5.41, 5.74) is 0.779. The molecular formula is C19H18ClNO5. The highest BCUT2D eigenvalue weighted by molar-refractivity contribution is 6.31. The Morgan fingerprint density at radius 2 is 1.88 bits per heavy atom. The number of halogens is 1. The van der Waals surface area contributed by atoms with Crippen molar-refractivity contribution in [2.24, 2.45) is 0 Å². The minimum Gasteiger partial charge on any atom is -0.485 e. The van der Waals surface area contributed by atoms with E-state index in [1.807, 2.05) is 24.3 Å². The molecule has 1 amide bonds. The first-order valence-corrected chi connectivity index (χ1v) is 8.52. The van der Waals surface area contributed by atoms with E-state index in [4.69, 9.17) is 25.8 Å². The molecule has 0 fully saturated rings. The smallest absolute Gasteiger partial charge is 0.351 e. The van der Waals surface area contributed by atoms with E-state index in [-0.39, 0.29) is 13.2 Å². The average molecular weight is 376 g/mol. The molecule has 0 saturated heterocycles. The van der Waals surface area contributed by atoms with Crippen LogP contribution in [0.15, 0.2) is 48.5 Å². The van der Waals surface area contributed by atoms with Crippen LogP contribution in [0.1, 0.15) is 12.5 Å². The summed E-state index contributed by atoms with van der Waals surface area (Å²) in [7, 11) is 0. The number of benzene rings is 2. The summed E-state index contributed by atoms with van der Waals surface area (Å²) in [6.07, 6.45) is -1.88. The van der Waals surface area contributed by atoms with Crippen LogP contribution >= 0.6 is 11.6 Å². The molecule has 0 aromatic heterocycles. The molecule has 0 saturated carbocycles. The van der Waals surface area contributed by atoms with Crippen molar-refractivity contribution in [3.05, 3.63) is 59.1 Å². The number of rotatable bonds is 5. The van der Waals surface area contributed by atoms with Gasteiger partial charge >= 0.3 is 5.97 Å². The molecule has 0 unspecified atom stereocenters. The highest BCUT2D eigenvalue weighted by Gasteiger charge is 2.31. The van der Waals surface area contributed by atoms with Gasteiger partial charge in [0.2, 0.25) is 6.10 Å². The predicted octanol–water partition coefficient (Wildman–Crippen LogP) is 2.73. The Kier molecular flexibility index (Phi) is 5.63. The van der Waals surface area contributed by atoms with Crippen LogP contribution in [0.4, 0.5) is 0 Å². The lowest BCUT2D eigenvalue weighted by molar-refractivity contribution is -0.163. The van der Waals surface area contributed by atoms with Crippen LogP contribution in [0, 0.1) is 0 Å². The molecule has 3 rings (SSSR count). The number of amides is 1. The molecule has 0 bridgehead atoms. The number of hydrogen-bond acceptors (Lipinski definition) is 5. The van der Waals surface area contributed by atoms with Gasteiger partial charge in [0, 0.05) is 11.6 Å². The molecule has 1 N–H and O–H groups in total. The number of nitrogens with one attached hydrogen (secondary N) is 1. The third-order valence-electron chi connectivity index (χ3n) is 3.84. The Bertz CT molecular complexity index is 810. The Hall–Kier alpha value is -2.73. The van der Waals surface area contributed by atoms with Gasteiger partial charge in [-0.15, -0.1) is 0 Å². The normalized spacial score (nSPS) is 16.5. The molecule has 136 valence electrons. The van der Waals surface area contributed by atoms with Gasteiger partial charge in [0.25, 0.3) is 5.91 Å². The third-order valence-corrected chi connectivity index (χ3v) is 4.21. The molecule has 1 aliphatic rings. The van der Waals surface area contributed by atoms with Crippen molar-refractivity contribution in [3.63, 3.8) is 0 Å². The van der Waals surface area contributed by atoms with Crippen LogP contribution in [0.25, 0.3) is 0 Å². The second kappa shape index (κ2) is 8.10. The number of hydrogen-bond donors (Lipinski definition) is 1. The fraction of sp³-hybridized carbons (Fsp3) is 0.263. The zero-order valence-electron chi connectivity index (χ0n) is 14.1. The van der Waals surface area contributed by atoms with E-state index < -0.39 is 24.1 Å². The fourth-order valence-corrected chi connectivity index (χ4v) is 2.61.